The highest BCUT2D eigenvalue weighted by atomic mass is 19.2. The molecule has 2 N–H and O–H groups in total. The predicted octanol–water partition coefficient (Wildman–Crippen LogP) is 2.38. The van der Waals surface area contributed by atoms with Crippen LogP contribution in [0.3, 0.4) is 0 Å². The summed E-state index contributed by atoms with van der Waals surface area (Å²) in [6.07, 6.45) is 0.641. The molecule has 0 aliphatic carbocycles. The molecule has 5 heteroatoms. The minimum Gasteiger partial charge on any atom is -0.324 e. The Bertz CT molecular complexity index is 457. The van der Waals surface area contributed by atoms with E-state index in [1.54, 1.807) is 6.07 Å². The lowest BCUT2D eigenvalue weighted by Crippen LogP contribution is -2.49. The number of nitrogens with two attached hydrogens (primary N) is 1. The standard InChI is InChI=1S/C16H25F2N3/c1-12(2)21-10-8-20(9-11-21)7-6-15(19)13-4-3-5-14(17)16(13)18/h3-5,12,15H,6-11,19H2,1-2H3. The summed E-state index contributed by atoms with van der Waals surface area (Å²) >= 11 is 0. The van der Waals surface area contributed by atoms with Crippen molar-refractivity contribution in [3.63, 3.8) is 0 Å². The van der Waals surface area contributed by atoms with E-state index in [1.807, 2.05) is 0 Å². The molecule has 0 saturated carbocycles. The van der Waals surface area contributed by atoms with Crippen molar-refractivity contribution < 1.29 is 8.78 Å². The van der Waals surface area contributed by atoms with Crippen LogP contribution in [0.15, 0.2) is 18.2 Å². The first kappa shape index (κ1) is 16.3. The molecule has 0 bridgehead atoms. The lowest BCUT2D eigenvalue weighted by Gasteiger charge is -2.37. The normalized spacial score (nSPS) is 19.1. The Morgan fingerprint density at radius 1 is 1.14 bits per heavy atom. The van der Waals surface area contributed by atoms with E-state index in [-0.39, 0.29) is 5.56 Å². The minimum absolute atomic E-state index is 0.274. The third-order valence-corrected chi connectivity index (χ3v) is 4.27. The van der Waals surface area contributed by atoms with E-state index in [9.17, 15) is 8.78 Å². The highest BCUT2D eigenvalue weighted by molar-refractivity contribution is 5.22. The molecule has 2 rings (SSSR count). The van der Waals surface area contributed by atoms with Gasteiger partial charge in [0.05, 0.1) is 0 Å². The van der Waals surface area contributed by atoms with Crippen molar-refractivity contribution in [2.75, 3.05) is 32.7 Å². The van der Waals surface area contributed by atoms with Gasteiger partial charge in [-0.1, -0.05) is 12.1 Å². The Labute approximate surface area is 125 Å². The van der Waals surface area contributed by atoms with E-state index in [2.05, 4.69) is 23.6 Å². The van der Waals surface area contributed by atoms with Crippen LogP contribution in [0.4, 0.5) is 8.78 Å². The van der Waals surface area contributed by atoms with Gasteiger partial charge in [-0.3, -0.25) is 4.90 Å². The maximum Gasteiger partial charge on any atom is 0.163 e. The summed E-state index contributed by atoms with van der Waals surface area (Å²) in [5, 5.41) is 0. The zero-order valence-corrected chi connectivity index (χ0v) is 12.9. The van der Waals surface area contributed by atoms with Gasteiger partial charge in [0.2, 0.25) is 0 Å². The number of halogens is 2. The lowest BCUT2D eigenvalue weighted by atomic mass is 10.0. The molecule has 21 heavy (non-hydrogen) atoms. The van der Waals surface area contributed by atoms with Crippen LogP contribution in [0.2, 0.25) is 0 Å². The van der Waals surface area contributed by atoms with Gasteiger partial charge < -0.3 is 10.6 Å². The molecule has 0 radical (unpaired) electrons. The third-order valence-electron chi connectivity index (χ3n) is 4.27. The summed E-state index contributed by atoms with van der Waals surface area (Å²) in [6, 6.07) is 4.32. The number of benzene rings is 1. The first-order valence-corrected chi connectivity index (χ1v) is 7.65. The largest absolute Gasteiger partial charge is 0.324 e. The summed E-state index contributed by atoms with van der Waals surface area (Å²) in [5.41, 5.74) is 6.29. The van der Waals surface area contributed by atoms with Gasteiger partial charge in [0.15, 0.2) is 11.6 Å². The van der Waals surface area contributed by atoms with Crippen LogP contribution in [0, 0.1) is 11.6 Å². The van der Waals surface area contributed by atoms with E-state index in [0.717, 1.165) is 38.8 Å². The molecule has 0 aromatic heterocycles. The first-order chi connectivity index (χ1) is 9.99. The molecule has 0 amide bonds. The van der Waals surface area contributed by atoms with Gasteiger partial charge in [0.25, 0.3) is 0 Å². The van der Waals surface area contributed by atoms with Crippen LogP contribution in [0.1, 0.15) is 31.9 Å². The first-order valence-electron chi connectivity index (χ1n) is 7.65. The Kier molecular flexibility index (Phi) is 5.67. The van der Waals surface area contributed by atoms with Crippen LogP contribution in [0.5, 0.6) is 0 Å². The molecule has 1 heterocycles. The fourth-order valence-electron chi connectivity index (χ4n) is 2.79. The van der Waals surface area contributed by atoms with Crippen molar-refractivity contribution in [2.45, 2.75) is 32.4 Å². The quantitative estimate of drug-likeness (QED) is 0.906. The highest BCUT2D eigenvalue weighted by Gasteiger charge is 2.20. The molecule has 1 atom stereocenters. The van der Waals surface area contributed by atoms with Crippen molar-refractivity contribution in [1.29, 1.82) is 0 Å². The highest BCUT2D eigenvalue weighted by Crippen LogP contribution is 2.20. The molecule has 1 aliphatic heterocycles. The van der Waals surface area contributed by atoms with Crippen molar-refractivity contribution >= 4 is 0 Å². The van der Waals surface area contributed by atoms with E-state index in [1.165, 1.54) is 6.07 Å². The Balaban J connectivity index is 1.82. The SMILES string of the molecule is CC(C)N1CCN(CCC(N)c2cccc(F)c2F)CC1. The average molecular weight is 297 g/mol. The molecule has 0 spiro atoms. The fourth-order valence-corrected chi connectivity index (χ4v) is 2.79. The minimum atomic E-state index is -0.825. The van der Waals surface area contributed by atoms with Crippen LogP contribution in [-0.4, -0.2) is 48.6 Å². The molecular formula is C16H25F2N3. The second-order valence-corrected chi connectivity index (χ2v) is 6.01. The summed E-state index contributed by atoms with van der Waals surface area (Å²) in [7, 11) is 0. The second-order valence-electron chi connectivity index (χ2n) is 6.01. The average Bonchev–Trinajstić information content (AvgIpc) is 2.48. The van der Waals surface area contributed by atoms with E-state index in [0.29, 0.717) is 12.5 Å². The maximum absolute atomic E-state index is 13.7. The zero-order chi connectivity index (χ0) is 15.4. The summed E-state index contributed by atoms with van der Waals surface area (Å²) in [6.45, 7) is 9.37. The number of nitrogens with zero attached hydrogens (tertiary/aromatic N) is 2. The van der Waals surface area contributed by atoms with Gasteiger partial charge in [-0.25, -0.2) is 8.78 Å². The van der Waals surface area contributed by atoms with Gasteiger partial charge in [0.1, 0.15) is 0 Å². The number of piperazine rings is 1. The molecule has 1 unspecified atom stereocenters. The maximum atomic E-state index is 13.7. The van der Waals surface area contributed by atoms with Crippen LogP contribution in [0.25, 0.3) is 0 Å². The molecule has 1 fully saturated rings. The number of rotatable bonds is 5. The topological polar surface area (TPSA) is 32.5 Å². The molecule has 1 aliphatic rings. The molecule has 1 aromatic rings. The van der Waals surface area contributed by atoms with Crippen LogP contribution < -0.4 is 5.73 Å². The van der Waals surface area contributed by atoms with E-state index < -0.39 is 17.7 Å². The Morgan fingerprint density at radius 2 is 1.81 bits per heavy atom. The second kappa shape index (κ2) is 7.29. The summed E-state index contributed by atoms with van der Waals surface area (Å²) in [5.74, 6) is -1.64. The number of hydrogen-bond acceptors (Lipinski definition) is 3. The van der Waals surface area contributed by atoms with Gasteiger partial charge in [-0.05, 0) is 26.3 Å². The van der Waals surface area contributed by atoms with Gasteiger partial charge in [-0.15, -0.1) is 0 Å². The molecular weight excluding hydrogens is 272 g/mol. The summed E-state index contributed by atoms with van der Waals surface area (Å²) in [4.78, 5) is 4.79. The monoisotopic (exact) mass is 297 g/mol. The molecule has 3 nitrogen and oxygen atoms in total. The van der Waals surface area contributed by atoms with Crippen LogP contribution >= 0.6 is 0 Å². The Hall–Kier alpha value is -1.04. The summed E-state index contributed by atoms with van der Waals surface area (Å²) < 4.78 is 26.9. The van der Waals surface area contributed by atoms with E-state index in [4.69, 9.17) is 5.73 Å². The van der Waals surface area contributed by atoms with Crippen molar-refractivity contribution in [3.05, 3.63) is 35.4 Å². The lowest BCUT2D eigenvalue weighted by molar-refractivity contribution is 0.106. The molecule has 118 valence electrons. The third kappa shape index (κ3) is 4.22. The van der Waals surface area contributed by atoms with Crippen molar-refractivity contribution in [3.8, 4) is 0 Å². The van der Waals surface area contributed by atoms with Gasteiger partial charge >= 0.3 is 0 Å². The molecule has 1 saturated heterocycles. The Morgan fingerprint density at radius 3 is 2.43 bits per heavy atom. The van der Waals surface area contributed by atoms with Crippen LogP contribution in [-0.2, 0) is 0 Å². The van der Waals surface area contributed by atoms with Crippen molar-refractivity contribution in [2.24, 2.45) is 5.73 Å². The van der Waals surface area contributed by atoms with Gasteiger partial charge in [0, 0.05) is 50.4 Å². The van der Waals surface area contributed by atoms with Gasteiger partial charge in [-0.2, -0.15) is 0 Å². The smallest absolute Gasteiger partial charge is 0.163 e. The predicted molar refractivity (Wildman–Crippen MR) is 81.1 cm³/mol. The van der Waals surface area contributed by atoms with Crippen molar-refractivity contribution in [1.82, 2.24) is 9.80 Å². The fraction of sp³-hybridized carbons (Fsp3) is 0.625. The molecule has 1 aromatic carbocycles. The zero-order valence-electron chi connectivity index (χ0n) is 12.9. The van der Waals surface area contributed by atoms with E-state index >= 15 is 0 Å². The number of hydrogen-bond donors (Lipinski definition) is 1.